The number of halogens is 2. The van der Waals surface area contributed by atoms with Gasteiger partial charge in [-0.05, 0) is 29.8 Å². The largest absolute Gasteiger partial charge is 0.345 e. The highest BCUT2D eigenvalue weighted by molar-refractivity contribution is 6.38. The fourth-order valence-corrected chi connectivity index (χ4v) is 3.06. The van der Waals surface area contributed by atoms with Gasteiger partial charge in [0.05, 0.1) is 28.8 Å². The zero-order chi connectivity index (χ0) is 18.1. The van der Waals surface area contributed by atoms with Gasteiger partial charge in [0.2, 0.25) is 0 Å². The molecule has 1 amide bonds. The van der Waals surface area contributed by atoms with Crippen molar-refractivity contribution in [3.63, 3.8) is 0 Å². The monoisotopic (exact) mass is 375 g/mol. The van der Waals surface area contributed by atoms with Gasteiger partial charge in [0.1, 0.15) is 0 Å². The molecule has 1 heterocycles. The first-order valence-electron chi connectivity index (χ1n) is 7.51. The lowest BCUT2D eigenvalue weighted by molar-refractivity contribution is 0.0827. The number of carbonyl (C=O) groups excluding carboxylic acids is 1. The zero-order valence-corrected chi connectivity index (χ0v) is 15.2. The molecule has 0 unspecified atom stereocenters. The summed E-state index contributed by atoms with van der Waals surface area (Å²) in [5.74, 6) is -0.0691. The van der Waals surface area contributed by atoms with E-state index < -0.39 is 0 Å². The van der Waals surface area contributed by atoms with Crippen molar-refractivity contribution in [1.29, 1.82) is 0 Å². The lowest BCUT2D eigenvalue weighted by Gasteiger charge is -2.11. The van der Waals surface area contributed by atoms with Crippen molar-refractivity contribution in [1.82, 2.24) is 14.5 Å². The average molecular weight is 376 g/mol. The van der Waals surface area contributed by atoms with Gasteiger partial charge in [0.25, 0.3) is 11.5 Å². The molecule has 0 fully saturated rings. The molecular formula is C18H15Cl2N3O2. The molecule has 0 bridgehead atoms. The van der Waals surface area contributed by atoms with Gasteiger partial charge < -0.3 is 4.90 Å². The summed E-state index contributed by atoms with van der Waals surface area (Å²) >= 11 is 12.1. The van der Waals surface area contributed by atoms with Gasteiger partial charge in [0.15, 0.2) is 0 Å². The standard InChI is InChI=1S/C18H15Cl2N3O2/c1-22(2)17(24)12-5-3-11(4-6-12)9-23-10-21-16-14(18(23)25)7-13(19)8-15(16)20/h3-8,10H,9H2,1-2H3. The molecule has 0 saturated carbocycles. The Balaban J connectivity index is 1.94. The summed E-state index contributed by atoms with van der Waals surface area (Å²) in [6, 6.07) is 10.2. The van der Waals surface area contributed by atoms with Crippen molar-refractivity contribution in [2.45, 2.75) is 6.54 Å². The Morgan fingerprint density at radius 3 is 2.48 bits per heavy atom. The number of fused-ring (bicyclic) bond motifs is 1. The fourth-order valence-electron chi connectivity index (χ4n) is 2.52. The van der Waals surface area contributed by atoms with Crippen molar-refractivity contribution >= 4 is 40.0 Å². The second-order valence-electron chi connectivity index (χ2n) is 5.86. The van der Waals surface area contributed by atoms with Crippen molar-refractivity contribution in [3.05, 3.63) is 74.3 Å². The molecule has 1 aromatic heterocycles. The normalized spacial score (nSPS) is 10.9. The number of amides is 1. The Morgan fingerprint density at radius 2 is 1.84 bits per heavy atom. The van der Waals surface area contributed by atoms with Crippen LogP contribution < -0.4 is 5.56 Å². The van der Waals surface area contributed by atoms with Gasteiger partial charge in [-0.3, -0.25) is 14.2 Å². The smallest absolute Gasteiger partial charge is 0.261 e. The van der Waals surface area contributed by atoms with Gasteiger partial charge in [-0.2, -0.15) is 0 Å². The Kier molecular flexibility index (Phi) is 4.79. The Labute approximate surface area is 154 Å². The van der Waals surface area contributed by atoms with Gasteiger partial charge >= 0.3 is 0 Å². The van der Waals surface area contributed by atoms with Crippen LogP contribution in [0.15, 0.2) is 47.5 Å². The zero-order valence-electron chi connectivity index (χ0n) is 13.7. The maximum Gasteiger partial charge on any atom is 0.261 e. The fraction of sp³-hybridized carbons (Fsp3) is 0.167. The summed E-state index contributed by atoms with van der Waals surface area (Å²) in [5.41, 5.74) is 1.69. The van der Waals surface area contributed by atoms with Crippen LogP contribution in [0.25, 0.3) is 10.9 Å². The third kappa shape index (κ3) is 3.52. The molecule has 5 nitrogen and oxygen atoms in total. The third-order valence-corrected chi connectivity index (χ3v) is 4.31. The molecule has 0 spiro atoms. The molecule has 0 atom stereocenters. The van der Waals surface area contributed by atoms with Crippen LogP contribution in [0.2, 0.25) is 10.0 Å². The number of rotatable bonds is 3. The maximum absolute atomic E-state index is 12.6. The predicted octanol–water partition coefficient (Wildman–Crippen LogP) is 3.45. The number of hydrogen-bond acceptors (Lipinski definition) is 3. The van der Waals surface area contributed by atoms with E-state index in [-0.39, 0.29) is 11.5 Å². The molecule has 3 rings (SSSR count). The first kappa shape index (κ1) is 17.5. The summed E-state index contributed by atoms with van der Waals surface area (Å²) in [5, 5.41) is 1.11. The van der Waals surface area contributed by atoms with Crippen LogP contribution in [0.5, 0.6) is 0 Å². The molecule has 128 valence electrons. The molecule has 25 heavy (non-hydrogen) atoms. The van der Waals surface area contributed by atoms with Crippen molar-refractivity contribution in [3.8, 4) is 0 Å². The van der Waals surface area contributed by atoms with Crippen LogP contribution in [0.3, 0.4) is 0 Å². The predicted molar refractivity (Wildman–Crippen MR) is 99.6 cm³/mol. The Morgan fingerprint density at radius 1 is 1.16 bits per heavy atom. The van der Waals surface area contributed by atoms with E-state index in [0.29, 0.717) is 33.1 Å². The Bertz CT molecular complexity index is 1010. The van der Waals surface area contributed by atoms with Crippen LogP contribution in [0, 0.1) is 0 Å². The van der Waals surface area contributed by atoms with Crippen molar-refractivity contribution in [2.75, 3.05) is 14.1 Å². The second kappa shape index (κ2) is 6.86. The van der Waals surface area contributed by atoms with Crippen LogP contribution in [-0.4, -0.2) is 34.5 Å². The van der Waals surface area contributed by atoms with Crippen LogP contribution >= 0.6 is 23.2 Å². The van der Waals surface area contributed by atoms with Crippen molar-refractivity contribution in [2.24, 2.45) is 0 Å². The van der Waals surface area contributed by atoms with E-state index >= 15 is 0 Å². The highest BCUT2D eigenvalue weighted by atomic mass is 35.5. The molecular weight excluding hydrogens is 361 g/mol. The van der Waals surface area contributed by atoms with Gasteiger partial charge in [-0.1, -0.05) is 35.3 Å². The molecule has 0 N–H and O–H groups in total. The van der Waals surface area contributed by atoms with Gasteiger partial charge in [0, 0.05) is 24.7 Å². The van der Waals surface area contributed by atoms with Crippen LogP contribution in [-0.2, 0) is 6.54 Å². The number of carbonyl (C=O) groups is 1. The first-order chi connectivity index (χ1) is 11.9. The molecule has 0 radical (unpaired) electrons. The topological polar surface area (TPSA) is 55.2 Å². The quantitative estimate of drug-likeness (QED) is 0.704. The summed E-state index contributed by atoms with van der Waals surface area (Å²) in [4.78, 5) is 30.3. The van der Waals surface area contributed by atoms with E-state index in [0.717, 1.165) is 5.56 Å². The van der Waals surface area contributed by atoms with E-state index in [1.54, 1.807) is 38.4 Å². The number of aromatic nitrogens is 2. The van der Waals surface area contributed by atoms with Crippen molar-refractivity contribution < 1.29 is 4.79 Å². The van der Waals surface area contributed by atoms with Crippen LogP contribution in [0.1, 0.15) is 15.9 Å². The molecule has 3 aromatic rings. The molecule has 0 aliphatic rings. The third-order valence-electron chi connectivity index (χ3n) is 3.81. The van der Waals surface area contributed by atoms with E-state index in [4.69, 9.17) is 23.2 Å². The minimum absolute atomic E-state index is 0.0691. The van der Waals surface area contributed by atoms with E-state index in [9.17, 15) is 9.59 Å². The summed E-state index contributed by atoms with van der Waals surface area (Å²) in [6.45, 7) is 0.336. The number of benzene rings is 2. The van der Waals surface area contributed by atoms with E-state index in [2.05, 4.69) is 4.98 Å². The first-order valence-corrected chi connectivity index (χ1v) is 8.27. The SMILES string of the molecule is CN(C)C(=O)c1ccc(Cn2cnc3c(Cl)cc(Cl)cc3c2=O)cc1. The highest BCUT2D eigenvalue weighted by Crippen LogP contribution is 2.24. The maximum atomic E-state index is 12.6. The van der Waals surface area contributed by atoms with Gasteiger partial charge in [-0.15, -0.1) is 0 Å². The minimum Gasteiger partial charge on any atom is -0.345 e. The lowest BCUT2D eigenvalue weighted by Crippen LogP contribution is -2.22. The molecule has 7 heteroatoms. The summed E-state index contributed by atoms with van der Waals surface area (Å²) < 4.78 is 1.48. The summed E-state index contributed by atoms with van der Waals surface area (Å²) in [6.07, 6.45) is 1.46. The number of nitrogens with zero attached hydrogens (tertiary/aromatic N) is 3. The minimum atomic E-state index is -0.220. The van der Waals surface area contributed by atoms with E-state index in [1.807, 2.05) is 12.1 Å². The molecule has 0 aliphatic heterocycles. The van der Waals surface area contributed by atoms with Crippen LogP contribution in [0.4, 0.5) is 0 Å². The molecule has 0 aliphatic carbocycles. The summed E-state index contributed by atoms with van der Waals surface area (Å²) in [7, 11) is 3.40. The number of hydrogen-bond donors (Lipinski definition) is 0. The highest BCUT2D eigenvalue weighted by Gasteiger charge is 2.10. The lowest BCUT2D eigenvalue weighted by atomic mass is 10.1. The van der Waals surface area contributed by atoms with Gasteiger partial charge in [-0.25, -0.2) is 4.98 Å². The molecule has 2 aromatic carbocycles. The second-order valence-corrected chi connectivity index (χ2v) is 6.70. The molecule has 0 saturated heterocycles. The van der Waals surface area contributed by atoms with E-state index in [1.165, 1.54) is 15.8 Å². The average Bonchev–Trinajstić information content (AvgIpc) is 2.57. The Hall–Kier alpha value is -2.37.